The van der Waals surface area contributed by atoms with Gasteiger partial charge in [0.25, 0.3) is 0 Å². The first-order valence-corrected chi connectivity index (χ1v) is 19.6. The highest BCUT2D eigenvalue weighted by Gasteiger charge is 2.19. The fourth-order valence-electron chi connectivity index (χ4n) is 7.79. The molecule has 1 aliphatic carbocycles. The fraction of sp³-hybridized carbons (Fsp3) is 0.0769. The minimum atomic E-state index is -0.239. The summed E-state index contributed by atoms with van der Waals surface area (Å²) in [7, 11) is 1.93. The van der Waals surface area contributed by atoms with Gasteiger partial charge in [0.1, 0.15) is 6.17 Å². The van der Waals surface area contributed by atoms with Crippen LogP contribution in [0, 0.1) is 0 Å². The number of nitrogens with zero attached hydrogens (tertiary/aromatic N) is 3. The van der Waals surface area contributed by atoms with Gasteiger partial charge >= 0.3 is 0 Å². The molecule has 2 N–H and O–H groups in total. The quantitative estimate of drug-likeness (QED) is 0.108. The number of aliphatic imine (C=N–C) groups is 2. The van der Waals surface area contributed by atoms with Crippen LogP contribution in [-0.2, 0) is 0 Å². The van der Waals surface area contributed by atoms with Gasteiger partial charge in [-0.2, -0.15) is 0 Å². The topological polar surface area (TPSA) is 53.7 Å². The number of nitrogens with one attached hydrogen (secondary N) is 2. The first kappa shape index (κ1) is 35.6. The van der Waals surface area contributed by atoms with Gasteiger partial charge in [0.05, 0.1) is 11.0 Å². The average Bonchev–Trinajstić information content (AvgIpc) is 3.62. The molecule has 1 atom stereocenters. The van der Waals surface area contributed by atoms with Crippen molar-refractivity contribution in [3.63, 3.8) is 0 Å². The average molecular weight is 738 g/mol. The summed E-state index contributed by atoms with van der Waals surface area (Å²) in [6, 6.07) is 65.9. The van der Waals surface area contributed by atoms with Crippen LogP contribution >= 0.6 is 0 Å². The molecule has 8 aromatic rings. The number of anilines is 1. The summed E-state index contributed by atoms with van der Waals surface area (Å²) in [4.78, 5) is 10.0. The lowest BCUT2D eigenvalue weighted by atomic mass is 9.88. The van der Waals surface area contributed by atoms with Gasteiger partial charge in [0.2, 0.25) is 0 Å². The summed E-state index contributed by atoms with van der Waals surface area (Å²) < 4.78 is 2.37. The predicted octanol–water partition coefficient (Wildman–Crippen LogP) is 12.3. The summed E-state index contributed by atoms with van der Waals surface area (Å²) in [5.74, 6) is 0.659. The molecule has 5 nitrogen and oxygen atoms in total. The van der Waals surface area contributed by atoms with Crippen LogP contribution < -0.4 is 10.6 Å². The van der Waals surface area contributed by atoms with E-state index in [0.29, 0.717) is 5.84 Å². The van der Waals surface area contributed by atoms with Gasteiger partial charge in [-0.1, -0.05) is 133 Å². The Hall–Kier alpha value is -7.08. The van der Waals surface area contributed by atoms with Gasteiger partial charge in [-0.15, -0.1) is 0 Å². The molecule has 276 valence electrons. The molecule has 1 aliphatic rings. The first-order valence-electron chi connectivity index (χ1n) is 19.6. The number of hydrogen-bond donors (Lipinski definition) is 2. The molecule has 0 amide bonds. The van der Waals surface area contributed by atoms with Gasteiger partial charge in [0, 0.05) is 45.2 Å². The Bertz CT molecular complexity index is 2760. The van der Waals surface area contributed by atoms with Crippen LogP contribution in [0.5, 0.6) is 0 Å². The largest absolute Gasteiger partial charge is 0.358 e. The molecule has 1 aromatic heterocycles. The summed E-state index contributed by atoms with van der Waals surface area (Å²) in [5, 5.41) is 9.71. The van der Waals surface area contributed by atoms with Crippen molar-refractivity contribution in [2.24, 2.45) is 9.98 Å². The van der Waals surface area contributed by atoms with Crippen LogP contribution in [0.3, 0.4) is 0 Å². The number of hydrogen-bond acceptors (Lipinski definition) is 3. The lowest BCUT2D eigenvalue weighted by molar-refractivity contribution is 0.625. The number of benzene rings is 7. The third-order valence-electron chi connectivity index (χ3n) is 10.6. The normalized spacial score (nSPS) is 14.0. The third kappa shape index (κ3) is 7.62. The van der Waals surface area contributed by atoms with E-state index in [0.717, 1.165) is 35.2 Å². The van der Waals surface area contributed by atoms with Crippen LogP contribution in [0.4, 0.5) is 5.69 Å². The zero-order chi connectivity index (χ0) is 38.4. The Morgan fingerprint density at radius 2 is 1.26 bits per heavy atom. The Balaban J connectivity index is 1.05. The summed E-state index contributed by atoms with van der Waals surface area (Å²) in [5.41, 5.74) is 13.9. The van der Waals surface area contributed by atoms with Crippen LogP contribution in [0.25, 0.3) is 38.6 Å². The standard InChI is InChI=1S/C52H43N5/c1-53-51(39-20-10-4-11-21-39)56-52(54-36-37-16-6-2-7-17-37)40-26-30-43(31-27-40)55-48-32-28-41(34-46(48)38-18-8-3-9-19-38)42-29-33-50-47(35-42)45-24-14-15-25-49(45)57(50)44-22-12-5-13-23-44/h2-27,29-31,33-36,51,53,55H,28,32H2,1H3/b54-36+,56-52-. The molecular formula is C52H43N5. The molecule has 0 saturated heterocycles. The second-order valence-electron chi connectivity index (χ2n) is 14.3. The molecule has 9 rings (SSSR count). The second-order valence-corrected chi connectivity index (χ2v) is 14.3. The second kappa shape index (κ2) is 16.3. The molecule has 0 aliphatic heterocycles. The lowest BCUT2D eigenvalue weighted by Gasteiger charge is -2.23. The molecule has 0 radical (unpaired) electrons. The SMILES string of the molecule is CNC(/N=C(\N=C\c1ccccc1)c1ccc(NC2=C(c3ccccc3)C=C(c3ccc4c(c3)c3ccccc3n4-c3ccccc3)CC2)cc1)c1ccccc1. The van der Waals surface area contributed by atoms with Crippen LogP contribution in [0.1, 0.15) is 46.8 Å². The maximum absolute atomic E-state index is 5.11. The molecule has 1 unspecified atom stereocenters. The van der Waals surface area contributed by atoms with E-state index in [2.05, 4.69) is 161 Å². The maximum Gasteiger partial charge on any atom is 0.156 e. The van der Waals surface area contributed by atoms with Crippen molar-refractivity contribution >= 4 is 50.7 Å². The Morgan fingerprint density at radius 1 is 0.614 bits per heavy atom. The molecule has 0 fully saturated rings. The molecule has 7 aromatic carbocycles. The number of amidine groups is 1. The van der Waals surface area contributed by atoms with Gasteiger partial charge in [-0.3, -0.25) is 5.32 Å². The monoisotopic (exact) mass is 737 g/mol. The van der Waals surface area contributed by atoms with Crippen molar-refractivity contribution in [1.29, 1.82) is 0 Å². The number of para-hydroxylation sites is 2. The minimum absolute atomic E-state index is 0.239. The van der Waals surface area contributed by atoms with E-state index in [9.17, 15) is 0 Å². The third-order valence-corrected chi connectivity index (χ3v) is 10.6. The maximum atomic E-state index is 5.11. The Morgan fingerprint density at radius 3 is 2.00 bits per heavy atom. The number of rotatable bonds is 10. The van der Waals surface area contributed by atoms with E-state index in [4.69, 9.17) is 9.98 Å². The molecule has 0 bridgehead atoms. The van der Waals surface area contributed by atoms with E-state index in [1.54, 1.807) is 0 Å². The van der Waals surface area contributed by atoms with Crippen LogP contribution in [0.2, 0.25) is 0 Å². The van der Waals surface area contributed by atoms with Crippen molar-refractivity contribution in [3.8, 4) is 5.69 Å². The van der Waals surface area contributed by atoms with Gasteiger partial charge in [-0.05, 0) is 108 Å². The van der Waals surface area contributed by atoms with E-state index >= 15 is 0 Å². The van der Waals surface area contributed by atoms with Crippen molar-refractivity contribution in [3.05, 3.63) is 228 Å². The molecule has 1 heterocycles. The van der Waals surface area contributed by atoms with Crippen LogP contribution in [0.15, 0.2) is 210 Å². The smallest absolute Gasteiger partial charge is 0.156 e. The summed E-state index contributed by atoms with van der Waals surface area (Å²) in [6.07, 6.45) is 5.84. The molecule has 5 heteroatoms. The first-order chi connectivity index (χ1) is 28.2. The van der Waals surface area contributed by atoms with E-state index < -0.39 is 0 Å². The van der Waals surface area contributed by atoms with Crippen molar-refractivity contribution in [2.75, 3.05) is 12.4 Å². The predicted molar refractivity (Wildman–Crippen MR) is 240 cm³/mol. The lowest BCUT2D eigenvalue weighted by Crippen LogP contribution is -2.16. The fourth-order valence-corrected chi connectivity index (χ4v) is 7.79. The van der Waals surface area contributed by atoms with Gasteiger partial charge in [-0.25, -0.2) is 9.98 Å². The molecule has 0 spiro atoms. The van der Waals surface area contributed by atoms with E-state index in [1.807, 2.05) is 61.8 Å². The van der Waals surface area contributed by atoms with Crippen molar-refractivity contribution in [2.45, 2.75) is 19.0 Å². The van der Waals surface area contributed by atoms with Gasteiger partial charge in [0.15, 0.2) is 5.84 Å². The van der Waals surface area contributed by atoms with Crippen molar-refractivity contribution in [1.82, 2.24) is 9.88 Å². The Kier molecular flexibility index (Phi) is 10.2. The highest BCUT2D eigenvalue weighted by molar-refractivity contribution is 6.10. The van der Waals surface area contributed by atoms with Gasteiger partial charge < -0.3 is 9.88 Å². The number of fused-ring (bicyclic) bond motifs is 3. The van der Waals surface area contributed by atoms with Crippen LogP contribution in [-0.4, -0.2) is 23.7 Å². The van der Waals surface area contributed by atoms with E-state index in [1.165, 1.54) is 55.5 Å². The zero-order valence-corrected chi connectivity index (χ0v) is 31.9. The number of aromatic nitrogens is 1. The minimum Gasteiger partial charge on any atom is -0.358 e. The molecule has 0 saturated carbocycles. The highest BCUT2D eigenvalue weighted by Crippen LogP contribution is 2.39. The highest BCUT2D eigenvalue weighted by atomic mass is 15.1. The molecule has 57 heavy (non-hydrogen) atoms. The molecular weight excluding hydrogens is 695 g/mol. The summed E-state index contributed by atoms with van der Waals surface area (Å²) in [6.45, 7) is 0. The number of allylic oxidation sites excluding steroid dienone is 4. The van der Waals surface area contributed by atoms with E-state index in [-0.39, 0.29) is 6.17 Å². The zero-order valence-electron chi connectivity index (χ0n) is 31.9. The summed E-state index contributed by atoms with van der Waals surface area (Å²) >= 11 is 0. The Labute approximate surface area is 334 Å². The van der Waals surface area contributed by atoms with Crippen molar-refractivity contribution < 1.29 is 0 Å².